The van der Waals surface area contributed by atoms with Crippen molar-refractivity contribution in [1.29, 1.82) is 0 Å². The first-order valence-corrected chi connectivity index (χ1v) is 14.7. The lowest BCUT2D eigenvalue weighted by Crippen LogP contribution is -2.61. The number of Topliss-reactive ketones (excluding diaryl/α,β-unsaturated/α-hetero) is 1. The van der Waals surface area contributed by atoms with E-state index in [0.717, 1.165) is 10.9 Å². The molecule has 0 heterocycles. The third-order valence-electron chi connectivity index (χ3n) is 4.85. The van der Waals surface area contributed by atoms with E-state index in [9.17, 15) is 4.79 Å². The summed E-state index contributed by atoms with van der Waals surface area (Å²) in [4.78, 5) is 11.8. The minimum Gasteiger partial charge on any atom is -0.294 e. The highest BCUT2D eigenvalue weighted by Gasteiger charge is 2.39. The van der Waals surface area contributed by atoms with E-state index in [1.807, 2.05) is 12.1 Å². The van der Waals surface area contributed by atoms with Gasteiger partial charge in [-0.05, 0) is 17.7 Å². The summed E-state index contributed by atoms with van der Waals surface area (Å²) >= 11 is 0. The van der Waals surface area contributed by atoms with Crippen molar-refractivity contribution in [1.82, 2.24) is 0 Å². The standard InChI is InChI=1S/C17H24OSi2/c1-13(18)14-11-12-17(20(5,6)19(2,3)4)16-10-8-7-9-15(14)16/h7-12H,1-6H3. The van der Waals surface area contributed by atoms with E-state index in [0.29, 0.717) is 0 Å². The number of fused-ring (bicyclic) bond motifs is 1. The normalized spacial score (nSPS) is 12.7. The average Bonchev–Trinajstić information content (AvgIpc) is 2.35. The summed E-state index contributed by atoms with van der Waals surface area (Å²) in [5, 5.41) is 3.92. The van der Waals surface area contributed by atoms with Gasteiger partial charge in [0, 0.05) is 13.2 Å². The molecule has 2 aromatic carbocycles. The molecule has 0 aliphatic heterocycles. The summed E-state index contributed by atoms with van der Waals surface area (Å²) in [5.41, 5.74) is 0.852. The largest absolute Gasteiger partial charge is 0.294 e. The summed E-state index contributed by atoms with van der Waals surface area (Å²) < 4.78 is 0. The maximum atomic E-state index is 11.8. The first kappa shape index (κ1) is 15.2. The highest BCUT2D eigenvalue weighted by Crippen LogP contribution is 2.25. The number of rotatable bonds is 3. The van der Waals surface area contributed by atoms with Crippen LogP contribution in [0.25, 0.3) is 10.8 Å². The van der Waals surface area contributed by atoms with Gasteiger partial charge in [-0.1, -0.05) is 74.3 Å². The Balaban J connectivity index is 2.81. The molecule has 20 heavy (non-hydrogen) atoms. The Kier molecular flexibility index (Phi) is 3.78. The molecule has 0 saturated carbocycles. The van der Waals surface area contributed by atoms with Crippen LogP contribution in [0.2, 0.25) is 32.7 Å². The quantitative estimate of drug-likeness (QED) is 0.607. The van der Waals surface area contributed by atoms with Gasteiger partial charge >= 0.3 is 0 Å². The molecule has 0 fully saturated rings. The van der Waals surface area contributed by atoms with Crippen molar-refractivity contribution in [3.63, 3.8) is 0 Å². The zero-order valence-corrected chi connectivity index (χ0v) is 15.4. The van der Waals surface area contributed by atoms with Crippen LogP contribution < -0.4 is 5.19 Å². The number of hydrogen-bond donors (Lipinski definition) is 0. The molecule has 106 valence electrons. The molecule has 0 atom stereocenters. The summed E-state index contributed by atoms with van der Waals surface area (Å²) in [7, 11) is -2.71. The van der Waals surface area contributed by atoms with Gasteiger partial charge in [0.2, 0.25) is 0 Å². The Morgan fingerprint density at radius 3 is 1.90 bits per heavy atom. The molecule has 0 amide bonds. The van der Waals surface area contributed by atoms with Crippen LogP contribution in [-0.2, 0) is 0 Å². The van der Waals surface area contributed by atoms with Crippen LogP contribution in [0.15, 0.2) is 36.4 Å². The number of benzene rings is 2. The maximum Gasteiger partial charge on any atom is 0.160 e. The summed E-state index contributed by atoms with van der Waals surface area (Å²) in [6.07, 6.45) is 0. The molecule has 2 aromatic rings. The second-order valence-corrected chi connectivity index (χ2v) is 23.7. The molecule has 0 aliphatic carbocycles. The van der Waals surface area contributed by atoms with Crippen LogP contribution in [0.5, 0.6) is 0 Å². The minimum absolute atomic E-state index is 0.153. The molecule has 0 spiro atoms. The van der Waals surface area contributed by atoms with Crippen LogP contribution in [0.1, 0.15) is 17.3 Å². The molecule has 2 rings (SSSR count). The number of hydrogen-bond acceptors (Lipinski definition) is 1. The van der Waals surface area contributed by atoms with Gasteiger partial charge in [-0.15, -0.1) is 0 Å². The van der Waals surface area contributed by atoms with Gasteiger partial charge in [0.15, 0.2) is 5.78 Å². The predicted molar refractivity (Wildman–Crippen MR) is 94.4 cm³/mol. The number of carbonyl (C=O) groups is 1. The van der Waals surface area contributed by atoms with E-state index in [4.69, 9.17) is 0 Å². The van der Waals surface area contributed by atoms with Crippen molar-refractivity contribution in [3.05, 3.63) is 42.0 Å². The molecule has 0 N–H and O–H groups in total. The third-order valence-corrected chi connectivity index (χ3v) is 22.4. The van der Waals surface area contributed by atoms with Crippen molar-refractivity contribution < 1.29 is 4.79 Å². The van der Waals surface area contributed by atoms with Crippen LogP contribution in [0, 0.1) is 0 Å². The maximum absolute atomic E-state index is 11.8. The molecule has 0 aliphatic rings. The van der Waals surface area contributed by atoms with Gasteiger partial charge in [0.05, 0.1) is 7.59 Å². The highest BCUT2D eigenvalue weighted by molar-refractivity contribution is 7.45. The monoisotopic (exact) mass is 300 g/mol. The fraction of sp³-hybridized carbons (Fsp3) is 0.353. The van der Waals surface area contributed by atoms with Crippen molar-refractivity contribution in [2.75, 3.05) is 0 Å². The Hall–Kier alpha value is -1.20. The Morgan fingerprint density at radius 2 is 1.40 bits per heavy atom. The molecule has 0 unspecified atom stereocenters. The zero-order valence-electron chi connectivity index (χ0n) is 13.4. The van der Waals surface area contributed by atoms with Gasteiger partial charge < -0.3 is 0 Å². The van der Waals surface area contributed by atoms with Crippen LogP contribution in [-0.4, -0.2) is 21.0 Å². The number of ketones is 1. The summed E-state index contributed by atoms with van der Waals surface area (Å²) in [5.74, 6) is 0.153. The van der Waals surface area contributed by atoms with Crippen LogP contribution in [0.4, 0.5) is 0 Å². The van der Waals surface area contributed by atoms with E-state index in [1.54, 1.807) is 6.92 Å². The lowest BCUT2D eigenvalue weighted by molar-refractivity contribution is 0.101. The minimum atomic E-state index is -1.48. The van der Waals surface area contributed by atoms with E-state index in [1.165, 1.54) is 10.6 Å². The van der Waals surface area contributed by atoms with Gasteiger partial charge in [0.1, 0.15) is 0 Å². The van der Waals surface area contributed by atoms with Gasteiger partial charge in [-0.25, -0.2) is 0 Å². The molecule has 0 aromatic heterocycles. The van der Waals surface area contributed by atoms with E-state index in [2.05, 4.69) is 57.0 Å². The second kappa shape index (κ2) is 4.97. The SMILES string of the molecule is CC(=O)c1ccc([Si](C)(C)[Si](C)(C)C)c2ccccc12. The van der Waals surface area contributed by atoms with Crippen LogP contribution >= 0.6 is 0 Å². The Bertz CT molecular complexity index is 666. The lowest BCUT2D eigenvalue weighted by Gasteiger charge is -2.36. The smallest absolute Gasteiger partial charge is 0.160 e. The summed E-state index contributed by atoms with van der Waals surface area (Å²) in [6, 6.07) is 12.7. The highest BCUT2D eigenvalue weighted by atomic mass is 29.3. The zero-order chi connectivity index (χ0) is 15.1. The third kappa shape index (κ3) is 2.40. The predicted octanol–water partition coefficient (Wildman–Crippen LogP) is 4.37. The molecule has 0 saturated heterocycles. The van der Waals surface area contributed by atoms with Gasteiger partial charge in [-0.2, -0.15) is 0 Å². The molecular weight excluding hydrogens is 276 g/mol. The topological polar surface area (TPSA) is 17.1 Å². The first-order chi connectivity index (χ1) is 9.16. The Labute approximate surface area is 123 Å². The van der Waals surface area contributed by atoms with E-state index >= 15 is 0 Å². The molecule has 0 bridgehead atoms. The van der Waals surface area contributed by atoms with E-state index in [-0.39, 0.29) is 5.78 Å². The molecule has 0 radical (unpaired) electrons. The molecule has 1 nitrogen and oxygen atoms in total. The lowest BCUT2D eigenvalue weighted by atomic mass is 10.0. The fourth-order valence-corrected chi connectivity index (χ4v) is 7.83. The van der Waals surface area contributed by atoms with Crippen molar-refractivity contribution in [3.8, 4) is 0 Å². The van der Waals surface area contributed by atoms with Gasteiger partial charge in [-0.3, -0.25) is 4.79 Å². The second-order valence-electron chi connectivity index (χ2n) is 7.14. The first-order valence-electron chi connectivity index (χ1n) is 7.19. The van der Waals surface area contributed by atoms with Crippen molar-refractivity contribution >= 4 is 36.9 Å². The fourth-order valence-electron chi connectivity index (χ4n) is 2.56. The number of carbonyl (C=O) groups excluding carboxylic acids is 1. The van der Waals surface area contributed by atoms with Gasteiger partial charge in [0.25, 0.3) is 0 Å². The molecule has 3 heteroatoms. The van der Waals surface area contributed by atoms with Crippen molar-refractivity contribution in [2.45, 2.75) is 39.7 Å². The summed E-state index contributed by atoms with van der Waals surface area (Å²) in [6.45, 7) is 14.0. The van der Waals surface area contributed by atoms with Crippen LogP contribution in [0.3, 0.4) is 0 Å². The van der Waals surface area contributed by atoms with Crippen molar-refractivity contribution in [2.24, 2.45) is 0 Å². The Morgan fingerprint density at radius 1 is 0.850 bits per heavy atom. The molecular formula is C17H24OSi2. The average molecular weight is 301 g/mol. The van der Waals surface area contributed by atoms with E-state index < -0.39 is 15.2 Å².